The molecule has 2 aromatic rings. The molecule has 5 nitrogen and oxygen atoms in total. The standard InChI is InChI=1S/C9H7Cl3N4O/c1-4-2-3-5(14-6(4)13)7-15-8(17-16-7)9(10,11)12/h2-3H,1H3,(H2,13,14). The summed E-state index contributed by atoms with van der Waals surface area (Å²) in [5.74, 6) is 0.499. The number of pyridine rings is 1. The van der Waals surface area contributed by atoms with E-state index in [1.54, 1.807) is 12.1 Å². The van der Waals surface area contributed by atoms with E-state index >= 15 is 0 Å². The van der Waals surface area contributed by atoms with Gasteiger partial charge in [-0.3, -0.25) is 0 Å². The number of alkyl halides is 3. The fourth-order valence-corrected chi connectivity index (χ4v) is 1.34. The summed E-state index contributed by atoms with van der Waals surface area (Å²) in [6.45, 7) is 1.84. The highest BCUT2D eigenvalue weighted by atomic mass is 35.6. The molecule has 0 unspecified atom stereocenters. The van der Waals surface area contributed by atoms with Gasteiger partial charge in [0.05, 0.1) is 0 Å². The number of nitrogens with zero attached hydrogens (tertiary/aromatic N) is 3. The molecule has 0 aliphatic rings. The Morgan fingerprint density at radius 2 is 1.94 bits per heavy atom. The molecule has 0 radical (unpaired) electrons. The van der Waals surface area contributed by atoms with E-state index < -0.39 is 3.79 Å². The van der Waals surface area contributed by atoms with Gasteiger partial charge in [0.2, 0.25) is 5.82 Å². The molecule has 17 heavy (non-hydrogen) atoms. The van der Waals surface area contributed by atoms with Gasteiger partial charge in [-0.25, -0.2) is 4.98 Å². The minimum atomic E-state index is -1.75. The monoisotopic (exact) mass is 292 g/mol. The van der Waals surface area contributed by atoms with Crippen molar-refractivity contribution in [3.05, 3.63) is 23.6 Å². The number of nitrogen functional groups attached to an aromatic ring is 1. The van der Waals surface area contributed by atoms with Crippen LogP contribution in [-0.2, 0) is 3.79 Å². The summed E-state index contributed by atoms with van der Waals surface area (Å²) in [7, 11) is 0. The second-order valence-corrected chi connectivity index (χ2v) is 5.60. The molecule has 0 bridgehead atoms. The predicted octanol–water partition coefficient (Wildman–Crippen LogP) is 2.85. The van der Waals surface area contributed by atoms with Gasteiger partial charge in [0.25, 0.3) is 9.68 Å². The van der Waals surface area contributed by atoms with Crippen LogP contribution >= 0.6 is 34.8 Å². The van der Waals surface area contributed by atoms with Crippen LogP contribution in [0.15, 0.2) is 16.7 Å². The molecule has 0 aromatic carbocycles. The molecule has 0 spiro atoms. The van der Waals surface area contributed by atoms with E-state index in [0.29, 0.717) is 11.5 Å². The zero-order chi connectivity index (χ0) is 12.6. The van der Waals surface area contributed by atoms with Crippen molar-refractivity contribution >= 4 is 40.6 Å². The molecule has 90 valence electrons. The highest BCUT2D eigenvalue weighted by molar-refractivity contribution is 6.66. The van der Waals surface area contributed by atoms with Crippen molar-refractivity contribution in [2.75, 3.05) is 5.73 Å². The van der Waals surface area contributed by atoms with Crippen LogP contribution in [0.4, 0.5) is 5.82 Å². The summed E-state index contributed by atoms with van der Waals surface area (Å²) in [5.41, 5.74) is 6.99. The highest BCUT2D eigenvalue weighted by Crippen LogP contribution is 2.37. The van der Waals surface area contributed by atoms with Crippen LogP contribution < -0.4 is 5.73 Å². The van der Waals surface area contributed by atoms with E-state index in [2.05, 4.69) is 15.1 Å². The number of hydrogen-bond acceptors (Lipinski definition) is 5. The normalized spacial score (nSPS) is 11.8. The summed E-state index contributed by atoms with van der Waals surface area (Å²) in [6, 6.07) is 3.50. The first-order chi connectivity index (χ1) is 7.88. The van der Waals surface area contributed by atoms with Gasteiger partial charge in [-0.15, -0.1) is 0 Å². The smallest absolute Gasteiger partial charge is 0.279 e. The minimum Gasteiger partial charge on any atom is -0.383 e. The summed E-state index contributed by atoms with van der Waals surface area (Å²) in [5, 5.41) is 3.67. The average molecular weight is 294 g/mol. The molecule has 2 N–H and O–H groups in total. The van der Waals surface area contributed by atoms with Crippen molar-refractivity contribution in [1.29, 1.82) is 0 Å². The maximum Gasteiger partial charge on any atom is 0.279 e. The zero-order valence-electron chi connectivity index (χ0n) is 8.62. The Bertz CT molecular complexity index is 549. The van der Waals surface area contributed by atoms with Gasteiger partial charge < -0.3 is 10.3 Å². The van der Waals surface area contributed by atoms with Crippen molar-refractivity contribution in [1.82, 2.24) is 15.1 Å². The lowest BCUT2D eigenvalue weighted by atomic mass is 10.2. The first kappa shape index (κ1) is 12.4. The van der Waals surface area contributed by atoms with Crippen LogP contribution in [0.25, 0.3) is 11.5 Å². The van der Waals surface area contributed by atoms with Gasteiger partial charge in [0.15, 0.2) is 0 Å². The molecular weight excluding hydrogens is 286 g/mol. The summed E-state index contributed by atoms with van der Waals surface area (Å²) in [4.78, 5) is 8.03. The molecular formula is C9H7Cl3N4O. The fraction of sp³-hybridized carbons (Fsp3) is 0.222. The number of aromatic nitrogens is 3. The summed E-state index contributed by atoms with van der Waals surface area (Å²) in [6.07, 6.45) is 0. The van der Waals surface area contributed by atoms with Crippen LogP contribution in [0, 0.1) is 6.92 Å². The van der Waals surface area contributed by atoms with Crippen molar-refractivity contribution in [3.63, 3.8) is 0 Å². The molecule has 0 aliphatic carbocycles. The van der Waals surface area contributed by atoms with Crippen molar-refractivity contribution < 1.29 is 4.52 Å². The van der Waals surface area contributed by atoms with Crippen molar-refractivity contribution in [3.8, 4) is 11.5 Å². The molecule has 2 rings (SSSR count). The van der Waals surface area contributed by atoms with Crippen LogP contribution in [0.1, 0.15) is 11.5 Å². The van der Waals surface area contributed by atoms with E-state index in [1.807, 2.05) is 6.92 Å². The Hall–Kier alpha value is -1.04. The maximum absolute atomic E-state index is 5.68. The lowest BCUT2D eigenvalue weighted by molar-refractivity contribution is 0.383. The third kappa shape index (κ3) is 2.62. The fourth-order valence-electron chi connectivity index (χ4n) is 1.11. The van der Waals surface area contributed by atoms with E-state index in [9.17, 15) is 0 Å². The SMILES string of the molecule is Cc1ccc(-c2noc(C(Cl)(Cl)Cl)n2)nc1N. The topological polar surface area (TPSA) is 77.8 Å². The van der Waals surface area contributed by atoms with Gasteiger partial charge in [0, 0.05) is 0 Å². The Morgan fingerprint density at radius 3 is 2.47 bits per heavy atom. The first-order valence-electron chi connectivity index (χ1n) is 4.52. The van der Waals surface area contributed by atoms with Gasteiger partial charge in [-0.2, -0.15) is 4.98 Å². The zero-order valence-corrected chi connectivity index (χ0v) is 10.9. The van der Waals surface area contributed by atoms with E-state index in [-0.39, 0.29) is 11.7 Å². The number of rotatable bonds is 1. The maximum atomic E-state index is 5.68. The summed E-state index contributed by atoms with van der Waals surface area (Å²) < 4.78 is 3.07. The third-order valence-corrected chi connectivity index (χ3v) is 2.52. The molecule has 0 saturated carbocycles. The Balaban J connectivity index is 2.40. The quantitative estimate of drug-likeness (QED) is 0.818. The molecule has 0 saturated heterocycles. The Labute approximate surface area is 112 Å². The van der Waals surface area contributed by atoms with Crippen molar-refractivity contribution in [2.45, 2.75) is 10.7 Å². The van der Waals surface area contributed by atoms with Crippen LogP contribution in [0.3, 0.4) is 0 Å². The average Bonchev–Trinajstić information content (AvgIpc) is 2.70. The van der Waals surface area contributed by atoms with Gasteiger partial charge in [-0.1, -0.05) is 46.0 Å². The molecule has 0 amide bonds. The second-order valence-electron chi connectivity index (χ2n) is 3.32. The van der Waals surface area contributed by atoms with Crippen LogP contribution in [0.2, 0.25) is 0 Å². The highest BCUT2D eigenvalue weighted by Gasteiger charge is 2.31. The number of halogens is 3. The molecule has 2 aromatic heterocycles. The molecule has 0 aliphatic heterocycles. The Kier molecular flexibility index (Phi) is 3.16. The van der Waals surface area contributed by atoms with Crippen LogP contribution in [0.5, 0.6) is 0 Å². The van der Waals surface area contributed by atoms with Gasteiger partial charge >= 0.3 is 0 Å². The lowest BCUT2D eigenvalue weighted by Crippen LogP contribution is -2.00. The predicted molar refractivity (Wildman–Crippen MR) is 65.9 cm³/mol. The third-order valence-electron chi connectivity index (χ3n) is 2.03. The summed E-state index contributed by atoms with van der Waals surface area (Å²) >= 11 is 16.8. The molecule has 0 fully saturated rings. The molecule has 0 atom stereocenters. The molecule has 8 heteroatoms. The number of hydrogen-bond donors (Lipinski definition) is 1. The lowest BCUT2D eigenvalue weighted by Gasteiger charge is -2.01. The minimum absolute atomic E-state index is 0.113. The van der Waals surface area contributed by atoms with Crippen molar-refractivity contribution in [2.24, 2.45) is 0 Å². The number of anilines is 1. The van der Waals surface area contributed by atoms with E-state index in [4.69, 9.17) is 45.1 Å². The molecule has 2 heterocycles. The Morgan fingerprint density at radius 1 is 1.24 bits per heavy atom. The number of nitrogens with two attached hydrogens (primary N) is 1. The second kappa shape index (κ2) is 4.33. The van der Waals surface area contributed by atoms with Gasteiger partial charge in [-0.05, 0) is 18.6 Å². The van der Waals surface area contributed by atoms with E-state index in [0.717, 1.165) is 5.56 Å². The number of aryl methyl sites for hydroxylation is 1. The van der Waals surface area contributed by atoms with Gasteiger partial charge in [0.1, 0.15) is 11.5 Å². The largest absolute Gasteiger partial charge is 0.383 e. The first-order valence-corrected chi connectivity index (χ1v) is 5.65. The van der Waals surface area contributed by atoms with Crippen LogP contribution in [-0.4, -0.2) is 15.1 Å². The van der Waals surface area contributed by atoms with E-state index in [1.165, 1.54) is 0 Å².